The minimum atomic E-state index is -0.857. The van der Waals surface area contributed by atoms with Gasteiger partial charge in [-0.15, -0.1) is 0 Å². The van der Waals surface area contributed by atoms with Gasteiger partial charge >= 0.3 is 0 Å². The number of ether oxygens (including phenoxy) is 3. The number of halogens is 1. The predicted molar refractivity (Wildman–Crippen MR) is 122 cm³/mol. The Morgan fingerprint density at radius 2 is 1.84 bits per heavy atom. The minimum absolute atomic E-state index is 0.0508. The van der Waals surface area contributed by atoms with Crippen molar-refractivity contribution in [2.24, 2.45) is 5.10 Å². The summed E-state index contributed by atoms with van der Waals surface area (Å²) in [6.45, 7) is 0.594. The van der Waals surface area contributed by atoms with Gasteiger partial charge < -0.3 is 23.9 Å². The van der Waals surface area contributed by atoms with E-state index in [4.69, 9.17) is 18.6 Å². The lowest BCUT2D eigenvalue weighted by Gasteiger charge is -2.16. The number of oxazole rings is 1. The maximum atomic E-state index is 13.1. The van der Waals surface area contributed by atoms with Gasteiger partial charge in [-0.25, -0.2) is 9.99 Å². The van der Waals surface area contributed by atoms with Gasteiger partial charge in [0.25, 0.3) is 11.7 Å². The van der Waals surface area contributed by atoms with Crippen LogP contribution in [0.5, 0.6) is 11.5 Å². The summed E-state index contributed by atoms with van der Waals surface area (Å²) < 4.78 is 22.4. The van der Waals surface area contributed by atoms with E-state index in [9.17, 15) is 4.79 Å². The molecule has 0 saturated heterocycles. The molecule has 10 heteroatoms. The van der Waals surface area contributed by atoms with Gasteiger partial charge in [0.1, 0.15) is 40.9 Å². The average molecular weight is 501 g/mol. The molecule has 1 N–H and O–H groups in total. The molecule has 0 bridgehead atoms. The van der Waals surface area contributed by atoms with Crippen molar-refractivity contribution >= 4 is 33.7 Å². The molecule has 0 fully saturated rings. The summed E-state index contributed by atoms with van der Waals surface area (Å²) in [5.41, 5.74) is 2.74. The highest BCUT2D eigenvalue weighted by Crippen LogP contribution is 2.39. The Hall–Kier alpha value is -3.37. The van der Waals surface area contributed by atoms with Crippen LogP contribution in [0.1, 0.15) is 22.4 Å². The fourth-order valence-corrected chi connectivity index (χ4v) is 3.85. The van der Waals surface area contributed by atoms with Crippen LogP contribution in [0.4, 0.5) is 5.69 Å². The molecule has 1 unspecified atom stereocenters. The number of anilines is 1. The molecule has 0 spiro atoms. The van der Waals surface area contributed by atoms with Crippen LogP contribution in [0, 0.1) is 0 Å². The Labute approximate surface area is 193 Å². The number of nitrogens with one attached hydrogen (secondary N) is 1. The molecule has 2 heterocycles. The van der Waals surface area contributed by atoms with E-state index in [-0.39, 0.29) is 11.7 Å². The highest BCUT2D eigenvalue weighted by molar-refractivity contribution is 9.10. The Bertz CT molecular complexity index is 1120. The van der Waals surface area contributed by atoms with Crippen molar-refractivity contribution in [2.45, 2.75) is 6.10 Å². The van der Waals surface area contributed by atoms with E-state index in [0.717, 1.165) is 5.69 Å². The summed E-state index contributed by atoms with van der Waals surface area (Å²) in [4.78, 5) is 17.5. The molecule has 0 amide bonds. The van der Waals surface area contributed by atoms with E-state index in [1.165, 1.54) is 13.4 Å². The molecule has 3 aromatic rings. The molecule has 4 rings (SSSR count). The first-order valence-corrected chi connectivity index (χ1v) is 10.4. The average Bonchev–Trinajstić information content (AvgIpc) is 3.53. The zero-order valence-electron chi connectivity index (χ0n) is 17.7. The van der Waals surface area contributed by atoms with Gasteiger partial charge in [0.2, 0.25) is 0 Å². The molecule has 1 aromatic heterocycles. The van der Waals surface area contributed by atoms with Gasteiger partial charge in [-0.2, -0.15) is 5.10 Å². The Morgan fingerprint density at radius 1 is 1.16 bits per heavy atom. The van der Waals surface area contributed by atoms with Crippen LogP contribution in [0.3, 0.4) is 0 Å². The Balaban J connectivity index is 1.58. The monoisotopic (exact) mass is 500 g/mol. The third-order valence-electron chi connectivity index (χ3n) is 4.95. The van der Waals surface area contributed by atoms with Crippen molar-refractivity contribution in [3.8, 4) is 22.8 Å². The fraction of sp³-hybridized carbons (Fsp3) is 0.227. The number of ketones is 1. The fourth-order valence-electron chi connectivity index (χ4n) is 3.30. The zero-order chi connectivity index (χ0) is 22.7. The standard InChI is InChI=1S/C22H21BrN4O5/c1-29-17-8-14(9-18(30-2)19(17)23)16-10-32-22(26-16)20(28)21(31-3)13-4-6-15(7-5-13)27-12-24-11-25-27/h4-11,21H,12H2,1-3H3,(H,24,25). The van der Waals surface area contributed by atoms with Crippen molar-refractivity contribution in [3.05, 3.63) is 58.6 Å². The quantitative estimate of drug-likeness (QED) is 0.463. The normalized spacial score (nSPS) is 13.7. The predicted octanol–water partition coefficient (Wildman–Crippen LogP) is 4.00. The molecule has 32 heavy (non-hydrogen) atoms. The first kappa shape index (κ1) is 21.8. The largest absolute Gasteiger partial charge is 0.495 e. The van der Waals surface area contributed by atoms with Crippen molar-refractivity contribution in [1.82, 2.24) is 10.3 Å². The molecule has 0 radical (unpaired) electrons. The second-order valence-electron chi connectivity index (χ2n) is 6.81. The van der Waals surface area contributed by atoms with Crippen molar-refractivity contribution in [3.63, 3.8) is 0 Å². The number of rotatable bonds is 8. The van der Waals surface area contributed by atoms with Gasteiger partial charge in [0.15, 0.2) is 6.10 Å². The maximum Gasteiger partial charge on any atom is 0.266 e. The highest BCUT2D eigenvalue weighted by atomic mass is 79.9. The lowest BCUT2D eigenvalue weighted by atomic mass is 10.0. The number of carbonyl (C=O) groups is 1. The SMILES string of the molecule is COc1cc(-c2coc(C(=O)C(OC)c3ccc(N4CNC=N4)cc3)n2)cc(OC)c1Br. The maximum absolute atomic E-state index is 13.1. The Kier molecular flexibility index (Phi) is 6.42. The second-order valence-corrected chi connectivity index (χ2v) is 7.60. The molecular formula is C22H21BrN4O5. The Morgan fingerprint density at radius 3 is 2.41 bits per heavy atom. The summed E-state index contributed by atoms with van der Waals surface area (Å²) in [5, 5.41) is 9.01. The van der Waals surface area contributed by atoms with E-state index < -0.39 is 6.10 Å². The van der Waals surface area contributed by atoms with E-state index in [0.29, 0.717) is 39.5 Å². The number of aromatic nitrogens is 1. The number of nitrogens with zero attached hydrogens (tertiary/aromatic N) is 3. The van der Waals surface area contributed by atoms with Crippen LogP contribution in [-0.2, 0) is 4.74 Å². The third kappa shape index (κ3) is 4.19. The number of hydrogen-bond donors (Lipinski definition) is 1. The van der Waals surface area contributed by atoms with E-state index >= 15 is 0 Å². The summed E-state index contributed by atoms with van der Waals surface area (Å²) in [6, 6.07) is 11.0. The van der Waals surface area contributed by atoms with Crippen molar-refractivity contribution in [1.29, 1.82) is 0 Å². The summed E-state index contributed by atoms with van der Waals surface area (Å²) in [7, 11) is 4.59. The summed E-state index contributed by atoms with van der Waals surface area (Å²) in [5.74, 6) is 0.707. The number of hydrazone groups is 1. The second kappa shape index (κ2) is 9.41. The van der Waals surface area contributed by atoms with Crippen LogP contribution in [-0.4, -0.2) is 45.1 Å². The number of methoxy groups -OCH3 is 3. The highest BCUT2D eigenvalue weighted by Gasteiger charge is 2.27. The molecular weight excluding hydrogens is 480 g/mol. The van der Waals surface area contributed by atoms with E-state index in [2.05, 4.69) is 31.3 Å². The van der Waals surface area contributed by atoms with Gasteiger partial charge in [0.05, 0.1) is 19.9 Å². The van der Waals surface area contributed by atoms with Crippen LogP contribution >= 0.6 is 15.9 Å². The van der Waals surface area contributed by atoms with Gasteiger partial charge in [0, 0.05) is 12.7 Å². The van der Waals surface area contributed by atoms with Crippen LogP contribution in [0.25, 0.3) is 11.3 Å². The van der Waals surface area contributed by atoms with Gasteiger partial charge in [-0.05, 0) is 45.8 Å². The van der Waals surface area contributed by atoms with Gasteiger partial charge in [-0.3, -0.25) is 4.79 Å². The number of hydrogen-bond acceptors (Lipinski definition) is 9. The zero-order valence-corrected chi connectivity index (χ0v) is 19.3. The van der Waals surface area contributed by atoms with Crippen LogP contribution < -0.4 is 19.8 Å². The first-order valence-electron chi connectivity index (χ1n) is 9.63. The molecule has 1 aliphatic rings. The molecule has 2 aromatic carbocycles. The van der Waals surface area contributed by atoms with Crippen LogP contribution in [0.2, 0.25) is 0 Å². The molecule has 166 valence electrons. The molecule has 9 nitrogen and oxygen atoms in total. The molecule has 1 aliphatic heterocycles. The topological polar surface area (TPSA) is 98.4 Å². The number of carbonyl (C=O) groups excluding carboxylic acids is 1. The molecule has 0 aliphatic carbocycles. The minimum Gasteiger partial charge on any atom is -0.495 e. The lowest BCUT2D eigenvalue weighted by Crippen LogP contribution is -2.20. The van der Waals surface area contributed by atoms with Gasteiger partial charge in [-0.1, -0.05) is 12.1 Å². The third-order valence-corrected chi connectivity index (χ3v) is 5.74. The smallest absolute Gasteiger partial charge is 0.266 e. The van der Waals surface area contributed by atoms with E-state index in [1.807, 2.05) is 24.3 Å². The first-order chi connectivity index (χ1) is 15.5. The lowest BCUT2D eigenvalue weighted by molar-refractivity contribution is 0.0569. The van der Waals surface area contributed by atoms with E-state index in [1.54, 1.807) is 37.7 Å². The van der Waals surface area contributed by atoms with Crippen molar-refractivity contribution < 1.29 is 23.4 Å². The number of Topliss-reactive ketones (excluding diaryl/α,β-unsaturated/α-hetero) is 1. The van der Waals surface area contributed by atoms with Crippen molar-refractivity contribution in [2.75, 3.05) is 33.0 Å². The summed E-state index contributed by atoms with van der Waals surface area (Å²) >= 11 is 3.44. The van der Waals surface area contributed by atoms with Crippen LogP contribution in [0.15, 0.2) is 56.7 Å². The summed E-state index contributed by atoms with van der Waals surface area (Å²) in [6.07, 6.45) is 2.19. The molecule has 0 saturated carbocycles. The number of benzene rings is 2. The molecule has 1 atom stereocenters.